The van der Waals surface area contributed by atoms with E-state index in [0.29, 0.717) is 17.9 Å². The minimum absolute atomic E-state index is 0.319. The standard InChI is InChI=1S/C14H22N2O/c1-10(2)11(7-15)8-16-13-9-17-14-6-4-3-5-12(13)14/h3-6,10-11,13,16H,7-9,15H2,1-2H3. The van der Waals surface area contributed by atoms with Crippen molar-refractivity contribution in [3.8, 4) is 5.75 Å². The number of hydrogen-bond acceptors (Lipinski definition) is 3. The third-order valence-electron chi connectivity index (χ3n) is 3.57. The smallest absolute Gasteiger partial charge is 0.124 e. The van der Waals surface area contributed by atoms with Crippen molar-refractivity contribution < 1.29 is 4.74 Å². The summed E-state index contributed by atoms with van der Waals surface area (Å²) in [4.78, 5) is 0. The van der Waals surface area contributed by atoms with Crippen molar-refractivity contribution in [2.24, 2.45) is 17.6 Å². The first kappa shape index (κ1) is 12.4. The molecule has 1 aromatic carbocycles. The number of nitrogens with two attached hydrogens (primary N) is 1. The van der Waals surface area contributed by atoms with Gasteiger partial charge < -0.3 is 15.8 Å². The molecular formula is C14H22N2O. The number of hydrogen-bond donors (Lipinski definition) is 2. The zero-order valence-electron chi connectivity index (χ0n) is 10.6. The van der Waals surface area contributed by atoms with Crippen molar-refractivity contribution in [2.45, 2.75) is 19.9 Å². The summed E-state index contributed by atoms with van der Waals surface area (Å²) in [5, 5.41) is 3.57. The number of fused-ring (bicyclic) bond motifs is 1. The van der Waals surface area contributed by atoms with Crippen LogP contribution in [0.15, 0.2) is 24.3 Å². The normalized spacial score (nSPS) is 20.1. The van der Waals surface area contributed by atoms with E-state index < -0.39 is 0 Å². The van der Waals surface area contributed by atoms with Gasteiger partial charge in [-0.1, -0.05) is 32.0 Å². The molecule has 0 aliphatic carbocycles. The first-order valence-electron chi connectivity index (χ1n) is 6.37. The molecule has 1 aliphatic heterocycles. The lowest BCUT2D eigenvalue weighted by atomic mass is 9.95. The lowest BCUT2D eigenvalue weighted by molar-refractivity contribution is 0.290. The van der Waals surface area contributed by atoms with Crippen LogP contribution in [-0.4, -0.2) is 19.7 Å². The van der Waals surface area contributed by atoms with Gasteiger partial charge in [0.25, 0.3) is 0 Å². The number of benzene rings is 1. The molecule has 3 heteroatoms. The van der Waals surface area contributed by atoms with E-state index in [4.69, 9.17) is 10.5 Å². The summed E-state index contributed by atoms with van der Waals surface area (Å²) >= 11 is 0. The van der Waals surface area contributed by atoms with E-state index in [1.54, 1.807) is 0 Å². The second-order valence-electron chi connectivity index (χ2n) is 5.05. The van der Waals surface area contributed by atoms with Gasteiger partial charge in [0.05, 0.1) is 6.04 Å². The summed E-state index contributed by atoms with van der Waals surface area (Å²) in [6.45, 7) is 6.86. The molecule has 2 rings (SSSR count). The Morgan fingerprint density at radius 1 is 1.41 bits per heavy atom. The van der Waals surface area contributed by atoms with Crippen LogP contribution in [-0.2, 0) is 0 Å². The summed E-state index contributed by atoms with van der Waals surface area (Å²) in [6.07, 6.45) is 0. The molecule has 0 saturated heterocycles. The van der Waals surface area contributed by atoms with Gasteiger partial charge in [0.2, 0.25) is 0 Å². The molecule has 1 heterocycles. The number of ether oxygens (including phenoxy) is 1. The van der Waals surface area contributed by atoms with E-state index in [9.17, 15) is 0 Å². The molecule has 17 heavy (non-hydrogen) atoms. The Bertz CT molecular complexity index is 365. The van der Waals surface area contributed by atoms with Gasteiger partial charge in [-0.3, -0.25) is 0 Å². The van der Waals surface area contributed by atoms with Gasteiger partial charge in [-0.15, -0.1) is 0 Å². The molecule has 0 amide bonds. The van der Waals surface area contributed by atoms with Crippen LogP contribution in [0.5, 0.6) is 5.75 Å². The van der Waals surface area contributed by atoms with Crippen LogP contribution in [0.1, 0.15) is 25.5 Å². The maximum absolute atomic E-state index is 5.78. The fourth-order valence-corrected chi connectivity index (χ4v) is 2.22. The topological polar surface area (TPSA) is 47.3 Å². The predicted octanol–water partition coefficient (Wildman–Crippen LogP) is 1.94. The van der Waals surface area contributed by atoms with E-state index >= 15 is 0 Å². The van der Waals surface area contributed by atoms with Crippen molar-refractivity contribution >= 4 is 0 Å². The Morgan fingerprint density at radius 3 is 2.88 bits per heavy atom. The summed E-state index contributed by atoms with van der Waals surface area (Å²) in [6, 6.07) is 8.55. The average molecular weight is 234 g/mol. The van der Waals surface area contributed by atoms with E-state index in [0.717, 1.165) is 25.4 Å². The van der Waals surface area contributed by atoms with Gasteiger partial charge in [0.15, 0.2) is 0 Å². The van der Waals surface area contributed by atoms with E-state index in [1.165, 1.54) is 5.56 Å². The van der Waals surface area contributed by atoms with Gasteiger partial charge in [-0.25, -0.2) is 0 Å². The monoisotopic (exact) mass is 234 g/mol. The highest BCUT2D eigenvalue weighted by Crippen LogP contribution is 2.31. The minimum Gasteiger partial charge on any atom is -0.491 e. The number of nitrogens with one attached hydrogen (secondary N) is 1. The molecule has 2 unspecified atom stereocenters. The molecule has 0 fully saturated rings. The predicted molar refractivity (Wildman–Crippen MR) is 70.1 cm³/mol. The van der Waals surface area contributed by atoms with Crippen LogP contribution >= 0.6 is 0 Å². The van der Waals surface area contributed by atoms with E-state index in [1.807, 2.05) is 12.1 Å². The zero-order chi connectivity index (χ0) is 12.3. The highest BCUT2D eigenvalue weighted by molar-refractivity contribution is 5.39. The fourth-order valence-electron chi connectivity index (χ4n) is 2.22. The summed E-state index contributed by atoms with van der Waals surface area (Å²) in [5.41, 5.74) is 7.05. The van der Waals surface area contributed by atoms with Gasteiger partial charge in [-0.05, 0) is 24.4 Å². The third-order valence-corrected chi connectivity index (χ3v) is 3.57. The largest absolute Gasteiger partial charge is 0.491 e. The van der Waals surface area contributed by atoms with Gasteiger partial charge in [-0.2, -0.15) is 0 Å². The number of rotatable bonds is 5. The van der Waals surface area contributed by atoms with Crippen LogP contribution in [0.2, 0.25) is 0 Å². The fraction of sp³-hybridized carbons (Fsp3) is 0.571. The van der Waals surface area contributed by atoms with Crippen molar-refractivity contribution in [1.82, 2.24) is 5.32 Å². The van der Waals surface area contributed by atoms with Crippen LogP contribution < -0.4 is 15.8 Å². The van der Waals surface area contributed by atoms with Crippen molar-refractivity contribution in [3.63, 3.8) is 0 Å². The SMILES string of the molecule is CC(C)C(CN)CNC1COc2ccccc21. The summed E-state index contributed by atoms with van der Waals surface area (Å²) in [7, 11) is 0. The molecule has 94 valence electrons. The lowest BCUT2D eigenvalue weighted by Crippen LogP contribution is -2.34. The molecule has 0 spiro atoms. The lowest BCUT2D eigenvalue weighted by Gasteiger charge is -2.21. The maximum atomic E-state index is 5.78. The molecule has 0 bridgehead atoms. The minimum atomic E-state index is 0.319. The molecule has 0 radical (unpaired) electrons. The molecule has 1 aromatic rings. The molecule has 0 saturated carbocycles. The summed E-state index contributed by atoms with van der Waals surface area (Å²) < 4.78 is 5.64. The van der Waals surface area contributed by atoms with E-state index in [2.05, 4.69) is 31.3 Å². The molecule has 0 aromatic heterocycles. The Morgan fingerprint density at radius 2 is 2.18 bits per heavy atom. The van der Waals surface area contributed by atoms with Crippen molar-refractivity contribution in [1.29, 1.82) is 0 Å². The number of para-hydroxylation sites is 1. The van der Waals surface area contributed by atoms with Gasteiger partial charge in [0.1, 0.15) is 12.4 Å². The van der Waals surface area contributed by atoms with Crippen LogP contribution in [0.4, 0.5) is 0 Å². The Labute approximate surface area is 103 Å². The molecule has 3 N–H and O–H groups in total. The second-order valence-corrected chi connectivity index (χ2v) is 5.05. The van der Waals surface area contributed by atoms with Crippen LogP contribution in [0.25, 0.3) is 0 Å². The zero-order valence-corrected chi connectivity index (χ0v) is 10.6. The third kappa shape index (κ3) is 2.79. The Hall–Kier alpha value is -1.06. The van der Waals surface area contributed by atoms with Crippen molar-refractivity contribution in [3.05, 3.63) is 29.8 Å². The summed E-state index contributed by atoms with van der Waals surface area (Å²) in [5.74, 6) is 2.16. The van der Waals surface area contributed by atoms with Crippen LogP contribution in [0, 0.1) is 11.8 Å². The first-order chi connectivity index (χ1) is 8.22. The molecule has 1 aliphatic rings. The Balaban J connectivity index is 1.93. The second kappa shape index (κ2) is 5.52. The quantitative estimate of drug-likeness (QED) is 0.818. The highest BCUT2D eigenvalue weighted by Gasteiger charge is 2.24. The van der Waals surface area contributed by atoms with Crippen molar-refractivity contribution in [2.75, 3.05) is 19.7 Å². The maximum Gasteiger partial charge on any atom is 0.124 e. The first-order valence-corrected chi connectivity index (χ1v) is 6.37. The molecule has 3 nitrogen and oxygen atoms in total. The van der Waals surface area contributed by atoms with E-state index in [-0.39, 0.29) is 0 Å². The molecule has 2 atom stereocenters. The van der Waals surface area contributed by atoms with Crippen LogP contribution in [0.3, 0.4) is 0 Å². The highest BCUT2D eigenvalue weighted by atomic mass is 16.5. The Kier molecular flexibility index (Phi) is 4.02. The van der Waals surface area contributed by atoms with Gasteiger partial charge in [0, 0.05) is 12.1 Å². The van der Waals surface area contributed by atoms with Gasteiger partial charge >= 0.3 is 0 Å². The average Bonchev–Trinajstić information content (AvgIpc) is 2.73. The molecular weight excluding hydrogens is 212 g/mol.